The van der Waals surface area contributed by atoms with Crippen molar-refractivity contribution in [2.24, 2.45) is 0 Å². The maximum absolute atomic E-state index is 12.8. The molecule has 0 spiro atoms. The number of nitrogens with zero attached hydrogens (tertiary/aromatic N) is 1. The normalized spacial score (nSPS) is 16.1. The van der Waals surface area contributed by atoms with Gasteiger partial charge in [0, 0.05) is 40.7 Å². The molecular formula is C22H19BrClN3O3. The molecule has 0 radical (unpaired) electrons. The van der Waals surface area contributed by atoms with E-state index in [0.29, 0.717) is 34.5 Å². The number of rotatable bonds is 4. The molecule has 4 rings (SSSR count). The van der Waals surface area contributed by atoms with Gasteiger partial charge >= 0.3 is 0 Å². The molecule has 1 atom stereocenters. The van der Waals surface area contributed by atoms with E-state index in [0.717, 1.165) is 15.6 Å². The van der Waals surface area contributed by atoms with E-state index in [-0.39, 0.29) is 18.5 Å². The number of benzene rings is 2. The lowest BCUT2D eigenvalue weighted by Gasteiger charge is -2.16. The molecular weight excluding hydrogens is 470 g/mol. The average molecular weight is 489 g/mol. The summed E-state index contributed by atoms with van der Waals surface area (Å²) in [4.78, 5) is 42.6. The summed E-state index contributed by atoms with van der Waals surface area (Å²) in [5, 5.41) is 3.99. The van der Waals surface area contributed by atoms with E-state index in [9.17, 15) is 14.4 Å². The van der Waals surface area contributed by atoms with Gasteiger partial charge in [-0.25, -0.2) is 0 Å². The Hall–Kier alpha value is -2.64. The zero-order valence-corrected chi connectivity index (χ0v) is 18.5. The number of hydrogen-bond acceptors (Lipinski definition) is 3. The summed E-state index contributed by atoms with van der Waals surface area (Å²) in [6.07, 6.45) is 2.14. The van der Waals surface area contributed by atoms with E-state index in [1.807, 2.05) is 31.2 Å². The van der Waals surface area contributed by atoms with Crippen molar-refractivity contribution in [2.45, 2.75) is 19.4 Å². The molecule has 2 heterocycles. The standard InChI is InChI=1S/C22H19BrClN3O3/c1-12-2-4-15(18(24)8-12)21(29)26-14-6-7-27(11-14)22(30)20(28)17-10-25-19-5-3-13(23)9-16(17)19/h2-5,8-10,14,25H,6-7,11H2,1H3,(H,26,29). The quantitative estimate of drug-likeness (QED) is 0.428. The second-order valence-corrected chi connectivity index (χ2v) is 8.74. The zero-order valence-electron chi connectivity index (χ0n) is 16.2. The number of fused-ring (bicyclic) bond motifs is 1. The van der Waals surface area contributed by atoms with Gasteiger partial charge in [-0.3, -0.25) is 14.4 Å². The summed E-state index contributed by atoms with van der Waals surface area (Å²) in [6, 6.07) is 10.5. The largest absolute Gasteiger partial charge is 0.360 e. The molecule has 3 aromatic rings. The van der Waals surface area contributed by atoms with Crippen molar-refractivity contribution < 1.29 is 14.4 Å². The minimum atomic E-state index is -0.569. The van der Waals surface area contributed by atoms with Gasteiger partial charge < -0.3 is 15.2 Å². The van der Waals surface area contributed by atoms with Gasteiger partial charge in [0.2, 0.25) is 0 Å². The highest BCUT2D eigenvalue weighted by atomic mass is 79.9. The number of halogens is 2. The summed E-state index contributed by atoms with van der Waals surface area (Å²) >= 11 is 9.56. The Kier molecular flexibility index (Phi) is 5.66. The molecule has 2 amide bonds. The van der Waals surface area contributed by atoms with Gasteiger partial charge in [0.1, 0.15) is 0 Å². The number of ketones is 1. The third-order valence-electron chi connectivity index (χ3n) is 5.26. The Morgan fingerprint density at radius 1 is 1.17 bits per heavy atom. The van der Waals surface area contributed by atoms with Gasteiger partial charge in [-0.15, -0.1) is 0 Å². The number of likely N-dealkylation sites (tertiary alicyclic amines) is 1. The van der Waals surface area contributed by atoms with Crippen LogP contribution in [0.1, 0.15) is 32.7 Å². The predicted octanol–water partition coefficient (Wildman–Crippen LogP) is 4.11. The van der Waals surface area contributed by atoms with Crippen LogP contribution in [0, 0.1) is 6.92 Å². The number of carbonyl (C=O) groups is 3. The monoisotopic (exact) mass is 487 g/mol. The highest BCUT2D eigenvalue weighted by molar-refractivity contribution is 9.10. The molecule has 0 saturated carbocycles. The summed E-state index contributed by atoms with van der Waals surface area (Å²) < 4.78 is 0.829. The molecule has 0 bridgehead atoms. The van der Waals surface area contributed by atoms with Gasteiger partial charge in [0.05, 0.1) is 16.1 Å². The van der Waals surface area contributed by atoms with Gasteiger partial charge in [0.25, 0.3) is 17.6 Å². The number of aromatic amines is 1. The number of aromatic nitrogens is 1. The summed E-state index contributed by atoms with van der Waals surface area (Å²) in [5.41, 5.74) is 2.50. The molecule has 1 saturated heterocycles. The van der Waals surface area contributed by atoms with Gasteiger partial charge in [-0.05, 0) is 49.2 Å². The van der Waals surface area contributed by atoms with Gasteiger partial charge in [0.15, 0.2) is 0 Å². The average Bonchev–Trinajstić information content (AvgIpc) is 3.33. The number of H-pyrrole nitrogens is 1. The molecule has 1 fully saturated rings. The molecule has 30 heavy (non-hydrogen) atoms. The SMILES string of the molecule is Cc1ccc(C(=O)NC2CCN(C(=O)C(=O)c3c[nH]c4ccc(Br)cc34)C2)c(Cl)c1. The van der Waals surface area contributed by atoms with Gasteiger partial charge in [-0.2, -0.15) is 0 Å². The Bertz CT molecular complexity index is 1170. The van der Waals surface area contributed by atoms with E-state index in [1.165, 1.54) is 4.90 Å². The van der Waals surface area contributed by atoms with Crippen LogP contribution in [0.3, 0.4) is 0 Å². The van der Waals surface area contributed by atoms with Crippen molar-refractivity contribution in [1.29, 1.82) is 0 Å². The number of carbonyl (C=O) groups excluding carboxylic acids is 3. The summed E-state index contributed by atoms with van der Waals surface area (Å²) in [6.45, 7) is 2.59. The highest BCUT2D eigenvalue weighted by Crippen LogP contribution is 2.24. The van der Waals surface area contributed by atoms with E-state index < -0.39 is 11.7 Å². The van der Waals surface area contributed by atoms with Crippen LogP contribution in [0.2, 0.25) is 5.02 Å². The fourth-order valence-corrected chi connectivity index (χ4v) is 4.35. The Balaban J connectivity index is 1.43. The van der Waals surface area contributed by atoms with Crippen LogP contribution in [0.25, 0.3) is 10.9 Å². The maximum Gasteiger partial charge on any atom is 0.295 e. The first-order chi connectivity index (χ1) is 14.3. The van der Waals surface area contributed by atoms with Crippen molar-refractivity contribution in [3.8, 4) is 0 Å². The molecule has 154 valence electrons. The number of hydrogen-bond donors (Lipinski definition) is 2. The summed E-state index contributed by atoms with van der Waals surface area (Å²) in [5.74, 6) is -1.42. The predicted molar refractivity (Wildman–Crippen MR) is 119 cm³/mol. The van der Waals surface area contributed by atoms with Crippen molar-refractivity contribution in [3.05, 3.63) is 68.8 Å². The fourth-order valence-electron chi connectivity index (χ4n) is 3.67. The number of Topliss-reactive ketones (excluding diaryl/α,β-unsaturated/α-hetero) is 1. The molecule has 1 aromatic heterocycles. The van der Waals surface area contributed by atoms with Crippen molar-refractivity contribution in [2.75, 3.05) is 13.1 Å². The number of nitrogens with one attached hydrogen (secondary N) is 2. The van der Waals surface area contributed by atoms with Crippen molar-refractivity contribution in [1.82, 2.24) is 15.2 Å². The van der Waals surface area contributed by atoms with Crippen LogP contribution in [0.15, 0.2) is 47.1 Å². The maximum atomic E-state index is 12.8. The topological polar surface area (TPSA) is 82.3 Å². The first kappa shape index (κ1) is 20.6. The van der Waals surface area contributed by atoms with Crippen LogP contribution in [0.5, 0.6) is 0 Å². The lowest BCUT2D eigenvalue weighted by Crippen LogP contribution is -2.40. The molecule has 1 unspecified atom stereocenters. The van der Waals surface area contributed by atoms with Crippen LogP contribution in [-0.2, 0) is 4.79 Å². The Morgan fingerprint density at radius 3 is 2.73 bits per heavy atom. The molecule has 1 aliphatic heterocycles. The van der Waals surface area contributed by atoms with E-state index >= 15 is 0 Å². The van der Waals surface area contributed by atoms with Crippen LogP contribution in [0.4, 0.5) is 0 Å². The minimum Gasteiger partial charge on any atom is -0.360 e. The lowest BCUT2D eigenvalue weighted by atomic mass is 10.1. The highest BCUT2D eigenvalue weighted by Gasteiger charge is 2.32. The molecule has 0 aliphatic carbocycles. The van der Waals surface area contributed by atoms with Crippen molar-refractivity contribution in [3.63, 3.8) is 0 Å². The fraction of sp³-hybridized carbons (Fsp3) is 0.227. The number of amides is 2. The number of aryl methyl sites for hydroxylation is 1. The zero-order chi connectivity index (χ0) is 21.4. The van der Waals surface area contributed by atoms with E-state index in [4.69, 9.17) is 11.6 Å². The van der Waals surface area contributed by atoms with Crippen LogP contribution >= 0.6 is 27.5 Å². The third-order valence-corrected chi connectivity index (χ3v) is 6.07. The molecule has 1 aliphatic rings. The second-order valence-electron chi connectivity index (χ2n) is 7.41. The van der Waals surface area contributed by atoms with Crippen LogP contribution in [-0.4, -0.2) is 46.6 Å². The summed E-state index contributed by atoms with van der Waals surface area (Å²) in [7, 11) is 0. The third kappa shape index (κ3) is 4.00. The second kappa shape index (κ2) is 8.24. The van der Waals surface area contributed by atoms with E-state index in [1.54, 1.807) is 18.3 Å². The molecule has 6 nitrogen and oxygen atoms in total. The minimum absolute atomic E-state index is 0.233. The Morgan fingerprint density at radius 2 is 1.97 bits per heavy atom. The van der Waals surface area contributed by atoms with Crippen LogP contribution < -0.4 is 5.32 Å². The molecule has 2 aromatic carbocycles. The first-order valence-corrected chi connectivity index (χ1v) is 10.7. The smallest absolute Gasteiger partial charge is 0.295 e. The van der Waals surface area contributed by atoms with E-state index in [2.05, 4.69) is 26.2 Å². The first-order valence-electron chi connectivity index (χ1n) is 9.50. The molecule has 8 heteroatoms. The lowest BCUT2D eigenvalue weighted by molar-refractivity contribution is -0.125. The molecule has 2 N–H and O–H groups in total. The van der Waals surface area contributed by atoms with Crippen molar-refractivity contribution >= 4 is 56.0 Å². The van der Waals surface area contributed by atoms with Gasteiger partial charge in [-0.1, -0.05) is 33.6 Å². The Labute approximate surface area is 186 Å².